The van der Waals surface area contributed by atoms with Gasteiger partial charge in [-0.2, -0.15) is 0 Å². The summed E-state index contributed by atoms with van der Waals surface area (Å²) in [5, 5.41) is 7.02. The molecule has 0 fully saturated rings. The lowest BCUT2D eigenvalue weighted by Crippen LogP contribution is -2.48. The predicted octanol–water partition coefficient (Wildman–Crippen LogP) is 3.20. The van der Waals surface area contributed by atoms with Crippen molar-refractivity contribution in [1.82, 2.24) is 20.6 Å². The molecule has 0 unspecified atom stereocenters. The summed E-state index contributed by atoms with van der Waals surface area (Å²) in [5.74, 6) is 0.525. The zero-order chi connectivity index (χ0) is 18.2. The van der Waals surface area contributed by atoms with Gasteiger partial charge in [0.25, 0.3) is 0 Å². The highest BCUT2D eigenvalue weighted by Crippen LogP contribution is 2.40. The first-order valence-corrected chi connectivity index (χ1v) is 10.1. The van der Waals surface area contributed by atoms with Crippen LogP contribution in [-0.4, -0.2) is 33.2 Å². The Balaban J connectivity index is 1.71. The monoisotopic (exact) mass is 378 g/mol. The molecule has 2 aromatic heterocycles. The van der Waals surface area contributed by atoms with Crippen molar-refractivity contribution >= 4 is 45.3 Å². The molecule has 0 atom stereocenters. The first-order chi connectivity index (χ1) is 11.7. The van der Waals surface area contributed by atoms with Gasteiger partial charge in [0.15, 0.2) is 0 Å². The lowest BCUT2D eigenvalue weighted by atomic mass is 10.1. The summed E-state index contributed by atoms with van der Waals surface area (Å²) in [4.78, 5) is 35.3. The average Bonchev–Trinajstić information content (AvgIpc) is 3.02. The van der Waals surface area contributed by atoms with Gasteiger partial charge in [-0.15, -0.1) is 11.3 Å². The first kappa shape index (κ1) is 18.1. The van der Waals surface area contributed by atoms with E-state index in [-0.39, 0.29) is 17.2 Å². The standard InChI is InChI=1S/C17H22N4O2S2/c1-9-18-14(13-10-6-5-7-11(10)25-15(13)19-9)24-8-12(22)20-16(23)21-17(2,3)4/h5-8H2,1-4H3,(H2,20,21,22,23). The van der Waals surface area contributed by atoms with E-state index in [1.54, 1.807) is 11.3 Å². The number of fused-ring (bicyclic) bond motifs is 3. The van der Waals surface area contributed by atoms with Crippen molar-refractivity contribution in [2.75, 3.05) is 5.75 Å². The van der Waals surface area contributed by atoms with E-state index >= 15 is 0 Å². The van der Waals surface area contributed by atoms with E-state index in [4.69, 9.17) is 0 Å². The number of amides is 3. The normalized spacial score (nSPS) is 13.8. The Hall–Kier alpha value is -1.67. The number of hydrogen-bond donors (Lipinski definition) is 2. The number of hydrogen-bond acceptors (Lipinski definition) is 6. The van der Waals surface area contributed by atoms with Crippen molar-refractivity contribution in [2.24, 2.45) is 0 Å². The van der Waals surface area contributed by atoms with E-state index in [0.717, 1.165) is 28.1 Å². The highest BCUT2D eigenvalue weighted by atomic mass is 32.2. The summed E-state index contributed by atoms with van der Waals surface area (Å²) in [6, 6.07) is -0.474. The quantitative estimate of drug-likeness (QED) is 0.633. The van der Waals surface area contributed by atoms with Crippen LogP contribution in [0.3, 0.4) is 0 Å². The minimum atomic E-state index is -0.474. The molecule has 2 N–H and O–H groups in total. The van der Waals surface area contributed by atoms with E-state index in [1.807, 2.05) is 27.7 Å². The molecule has 1 aliphatic carbocycles. The van der Waals surface area contributed by atoms with Gasteiger partial charge in [0.2, 0.25) is 5.91 Å². The van der Waals surface area contributed by atoms with Gasteiger partial charge in [-0.3, -0.25) is 10.1 Å². The van der Waals surface area contributed by atoms with E-state index in [9.17, 15) is 9.59 Å². The van der Waals surface area contributed by atoms with Crippen LogP contribution in [0.5, 0.6) is 0 Å². The molecule has 6 nitrogen and oxygen atoms in total. The van der Waals surface area contributed by atoms with Gasteiger partial charge >= 0.3 is 6.03 Å². The molecule has 0 saturated heterocycles. The molecule has 1 aliphatic rings. The van der Waals surface area contributed by atoms with Gasteiger partial charge < -0.3 is 5.32 Å². The van der Waals surface area contributed by atoms with E-state index in [0.29, 0.717) is 5.82 Å². The second-order valence-electron chi connectivity index (χ2n) is 7.15. The number of carbonyl (C=O) groups is 2. The molecular formula is C17H22N4O2S2. The zero-order valence-corrected chi connectivity index (χ0v) is 16.5. The summed E-state index contributed by atoms with van der Waals surface area (Å²) in [7, 11) is 0. The Morgan fingerprint density at radius 3 is 2.72 bits per heavy atom. The lowest BCUT2D eigenvalue weighted by molar-refractivity contribution is -0.117. The van der Waals surface area contributed by atoms with Crippen LogP contribution in [-0.2, 0) is 17.6 Å². The summed E-state index contributed by atoms with van der Waals surface area (Å²) >= 11 is 3.10. The molecule has 134 valence electrons. The summed E-state index contributed by atoms with van der Waals surface area (Å²) in [6.45, 7) is 7.46. The van der Waals surface area contributed by atoms with Crippen LogP contribution in [0.1, 0.15) is 43.5 Å². The number of nitrogens with one attached hydrogen (secondary N) is 2. The van der Waals surface area contributed by atoms with Gasteiger partial charge in [0.05, 0.1) is 5.75 Å². The third kappa shape index (κ3) is 4.30. The SMILES string of the molecule is Cc1nc(SCC(=O)NC(=O)NC(C)(C)C)c2c3c(sc2n1)CCC3. The third-order valence-electron chi connectivity index (χ3n) is 3.72. The van der Waals surface area contributed by atoms with Crippen LogP contribution in [0, 0.1) is 6.92 Å². The van der Waals surface area contributed by atoms with E-state index in [1.165, 1.54) is 28.6 Å². The lowest BCUT2D eigenvalue weighted by Gasteiger charge is -2.20. The van der Waals surface area contributed by atoms with Crippen LogP contribution in [0.25, 0.3) is 10.2 Å². The maximum Gasteiger partial charge on any atom is 0.321 e. The Morgan fingerprint density at radius 1 is 1.24 bits per heavy atom. The van der Waals surface area contributed by atoms with Crippen LogP contribution in [0.15, 0.2) is 5.03 Å². The topological polar surface area (TPSA) is 84.0 Å². The molecule has 0 aliphatic heterocycles. The number of urea groups is 1. The molecule has 0 spiro atoms. The van der Waals surface area contributed by atoms with Crippen molar-refractivity contribution in [3.63, 3.8) is 0 Å². The number of aryl methyl sites for hydroxylation is 3. The minimum Gasteiger partial charge on any atom is -0.333 e. The fourth-order valence-electron chi connectivity index (χ4n) is 2.84. The van der Waals surface area contributed by atoms with Crippen molar-refractivity contribution in [3.05, 3.63) is 16.3 Å². The second kappa shape index (κ2) is 6.92. The third-order valence-corrected chi connectivity index (χ3v) is 5.89. The van der Waals surface area contributed by atoms with Crippen molar-refractivity contribution in [2.45, 2.75) is 57.5 Å². The van der Waals surface area contributed by atoms with Gasteiger partial charge in [-0.1, -0.05) is 11.8 Å². The Labute approximate surface area is 155 Å². The molecule has 2 heterocycles. The minimum absolute atomic E-state index is 0.147. The van der Waals surface area contributed by atoms with Crippen molar-refractivity contribution < 1.29 is 9.59 Å². The van der Waals surface area contributed by atoms with Crippen molar-refractivity contribution in [1.29, 1.82) is 0 Å². The first-order valence-electron chi connectivity index (χ1n) is 8.26. The molecule has 0 radical (unpaired) electrons. The molecule has 25 heavy (non-hydrogen) atoms. The molecule has 3 rings (SSSR count). The molecule has 0 bridgehead atoms. The fourth-order valence-corrected chi connectivity index (χ4v) is 5.11. The number of thiophene rings is 1. The van der Waals surface area contributed by atoms with E-state index in [2.05, 4.69) is 20.6 Å². The Morgan fingerprint density at radius 2 is 2.00 bits per heavy atom. The highest BCUT2D eigenvalue weighted by molar-refractivity contribution is 8.00. The molecule has 2 aromatic rings. The molecular weight excluding hydrogens is 356 g/mol. The molecule has 8 heteroatoms. The van der Waals surface area contributed by atoms with Gasteiger partial charge in [-0.25, -0.2) is 14.8 Å². The number of carbonyl (C=O) groups excluding carboxylic acids is 2. The summed E-state index contributed by atoms with van der Waals surface area (Å²) < 4.78 is 0. The number of imide groups is 1. The fraction of sp³-hybridized carbons (Fsp3) is 0.529. The van der Waals surface area contributed by atoms with Gasteiger partial charge in [-0.05, 0) is 52.5 Å². The maximum absolute atomic E-state index is 12.1. The largest absolute Gasteiger partial charge is 0.333 e. The zero-order valence-electron chi connectivity index (χ0n) is 14.9. The van der Waals surface area contributed by atoms with Gasteiger partial charge in [0.1, 0.15) is 15.7 Å². The van der Waals surface area contributed by atoms with Gasteiger partial charge in [0, 0.05) is 15.8 Å². The van der Waals surface area contributed by atoms with Crippen LogP contribution >= 0.6 is 23.1 Å². The number of nitrogens with zero attached hydrogens (tertiary/aromatic N) is 2. The van der Waals surface area contributed by atoms with Crippen LogP contribution in [0.2, 0.25) is 0 Å². The average molecular weight is 379 g/mol. The van der Waals surface area contributed by atoms with E-state index < -0.39 is 6.03 Å². The smallest absolute Gasteiger partial charge is 0.321 e. The number of aromatic nitrogens is 2. The highest BCUT2D eigenvalue weighted by Gasteiger charge is 2.23. The van der Waals surface area contributed by atoms with Crippen LogP contribution < -0.4 is 10.6 Å². The maximum atomic E-state index is 12.1. The number of rotatable bonds is 3. The summed E-state index contributed by atoms with van der Waals surface area (Å²) in [6.07, 6.45) is 3.32. The molecule has 3 amide bonds. The van der Waals surface area contributed by atoms with Crippen molar-refractivity contribution in [3.8, 4) is 0 Å². The molecule has 0 saturated carbocycles. The predicted molar refractivity (Wildman–Crippen MR) is 101 cm³/mol. The Kier molecular flexibility index (Phi) is 5.02. The van der Waals surface area contributed by atoms with Crippen LogP contribution in [0.4, 0.5) is 4.79 Å². The second-order valence-corrected chi connectivity index (χ2v) is 9.20. The number of thioether (sulfide) groups is 1. The molecule has 0 aromatic carbocycles. The summed E-state index contributed by atoms with van der Waals surface area (Å²) in [5.41, 5.74) is 0.957. The Bertz CT molecular complexity index is 839.